The van der Waals surface area contributed by atoms with Gasteiger partial charge < -0.3 is 10.1 Å². The van der Waals surface area contributed by atoms with Gasteiger partial charge in [-0.3, -0.25) is 4.79 Å². The van der Waals surface area contributed by atoms with Crippen molar-refractivity contribution in [2.45, 2.75) is 37.6 Å². The predicted octanol–water partition coefficient (Wildman–Crippen LogP) is 4.86. The lowest BCUT2D eigenvalue weighted by Crippen LogP contribution is -2.15. The highest BCUT2D eigenvalue weighted by Crippen LogP contribution is 2.30. The van der Waals surface area contributed by atoms with Crippen molar-refractivity contribution in [2.75, 3.05) is 18.2 Å². The van der Waals surface area contributed by atoms with E-state index in [1.807, 2.05) is 6.07 Å². The van der Waals surface area contributed by atoms with Crippen molar-refractivity contribution in [3.63, 3.8) is 0 Å². The fraction of sp³-hybridized carbons (Fsp3) is 0.381. The normalized spacial score (nSPS) is 15.4. The number of carbonyl (C=O) groups is 1. The molecule has 1 heterocycles. The standard InChI is InChI=1S/C21H22ClN3O2S/c1-13-3-5-17-14(9-13)10-15(12-23)21(25-17)28-8-7-20(26)24-18-11-16(22)4-6-19(18)27-2/h4,6,10-11,13H,3,5,7-9H2,1-2H3,(H,24,26). The van der Waals surface area contributed by atoms with Gasteiger partial charge in [-0.2, -0.15) is 5.26 Å². The fourth-order valence-electron chi connectivity index (χ4n) is 3.25. The molecule has 1 atom stereocenters. The van der Waals surface area contributed by atoms with Crippen molar-refractivity contribution in [2.24, 2.45) is 5.92 Å². The van der Waals surface area contributed by atoms with Crippen LogP contribution in [0.2, 0.25) is 5.02 Å². The summed E-state index contributed by atoms with van der Waals surface area (Å²) in [6.45, 7) is 2.23. The molecule has 0 bridgehead atoms. The number of halogens is 1. The Balaban J connectivity index is 1.61. The number of methoxy groups -OCH3 is 1. The zero-order chi connectivity index (χ0) is 20.1. The number of pyridine rings is 1. The third-order valence-electron chi connectivity index (χ3n) is 4.72. The van der Waals surface area contributed by atoms with Gasteiger partial charge in [0, 0.05) is 22.9 Å². The second-order valence-electron chi connectivity index (χ2n) is 6.90. The third-order valence-corrected chi connectivity index (χ3v) is 5.95. The molecule has 1 N–H and O–H groups in total. The van der Waals surface area contributed by atoms with E-state index in [1.165, 1.54) is 17.3 Å². The number of benzene rings is 1. The van der Waals surface area contributed by atoms with E-state index in [9.17, 15) is 10.1 Å². The highest BCUT2D eigenvalue weighted by atomic mass is 35.5. The number of amides is 1. The summed E-state index contributed by atoms with van der Waals surface area (Å²) in [4.78, 5) is 17.0. The van der Waals surface area contributed by atoms with Gasteiger partial charge in [-0.25, -0.2) is 4.98 Å². The maximum atomic E-state index is 12.3. The lowest BCUT2D eigenvalue weighted by atomic mass is 9.87. The molecule has 0 saturated heterocycles. The zero-order valence-corrected chi connectivity index (χ0v) is 17.5. The van der Waals surface area contributed by atoms with Crippen molar-refractivity contribution < 1.29 is 9.53 Å². The first-order valence-electron chi connectivity index (χ1n) is 9.19. The van der Waals surface area contributed by atoms with E-state index in [4.69, 9.17) is 21.3 Å². The highest BCUT2D eigenvalue weighted by molar-refractivity contribution is 7.99. The van der Waals surface area contributed by atoms with Crippen LogP contribution >= 0.6 is 23.4 Å². The van der Waals surface area contributed by atoms with E-state index in [-0.39, 0.29) is 5.91 Å². The Labute approximate surface area is 174 Å². The van der Waals surface area contributed by atoms with Gasteiger partial charge in [0.2, 0.25) is 5.91 Å². The van der Waals surface area contributed by atoms with Crippen LogP contribution in [0, 0.1) is 17.2 Å². The molecular formula is C21H22ClN3O2S. The maximum Gasteiger partial charge on any atom is 0.225 e. The van der Waals surface area contributed by atoms with Gasteiger partial charge in [0.25, 0.3) is 0 Å². The lowest BCUT2D eigenvalue weighted by Gasteiger charge is -2.21. The van der Waals surface area contributed by atoms with Crippen LogP contribution in [0.25, 0.3) is 0 Å². The van der Waals surface area contributed by atoms with Crippen molar-refractivity contribution in [1.82, 2.24) is 4.98 Å². The van der Waals surface area contributed by atoms with Crippen molar-refractivity contribution in [1.29, 1.82) is 5.26 Å². The van der Waals surface area contributed by atoms with Gasteiger partial charge in [0.15, 0.2) is 0 Å². The molecule has 1 aliphatic rings. The molecule has 7 heteroatoms. The first kappa shape index (κ1) is 20.5. The van der Waals surface area contributed by atoms with Crippen LogP contribution in [0.5, 0.6) is 5.75 Å². The molecule has 1 aromatic carbocycles. The Morgan fingerprint density at radius 2 is 2.29 bits per heavy atom. The molecule has 0 fully saturated rings. The molecule has 28 heavy (non-hydrogen) atoms. The predicted molar refractivity (Wildman–Crippen MR) is 112 cm³/mol. The Morgan fingerprint density at radius 1 is 1.46 bits per heavy atom. The minimum Gasteiger partial charge on any atom is -0.495 e. The van der Waals surface area contributed by atoms with Gasteiger partial charge in [-0.05, 0) is 55.0 Å². The first-order chi connectivity index (χ1) is 13.5. The van der Waals surface area contributed by atoms with E-state index >= 15 is 0 Å². The number of fused-ring (bicyclic) bond motifs is 1. The minimum atomic E-state index is -0.140. The van der Waals surface area contributed by atoms with Gasteiger partial charge in [-0.15, -0.1) is 11.8 Å². The minimum absolute atomic E-state index is 0.140. The number of hydrogen-bond acceptors (Lipinski definition) is 5. The van der Waals surface area contributed by atoms with Crippen LogP contribution in [-0.4, -0.2) is 23.8 Å². The average Bonchev–Trinajstić information content (AvgIpc) is 2.67. The molecular weight excluding hydrogens is 394 g/mol. The lowest BCUT2D eigenvalue weighted by molar-refractivity contribution is -0.115. The first-order valence-corrected chi connectivity index (χ1v) is 10.6. The SMILES string of the molecule is COc1ccc(Cl)cc1NC(=O)CCSc1nc2c(cc1C#N)CC(C)CC2. The molecule has 0 radical (unpaired) electrons. The number of hydrogen-bond donors (Lipinski definition) is 1. The molecule has 1 unspecified atom stereocenters. The van der Waals surface area contributed by atoms with E-state index < -0.39 is 0 Å². The molecule has 1 aliphatic carbocycles. The largest absolute Gasteiger partial charge is 0.495 e. The second kappa shape index (κ2) is 9.31. The molecule has 1 aromatic heterocycles. The smallest absolute Gasteiger partial charge is 0.225 e. The maximum absolute atomic E-state index is 12.3. The molecule has 2 aromatic rings. The number of anilines is 1. The summed E-state index contributed by atoms with van der Waals surface area (Å²) in [5.74, 6) is 1.58. The van der Waals surface area contributed by atoms with Crippen LogP contribution in [0.1, 0.15) is 36.6 Å². The molecule has 3 rings (SSSR count). The quantitative estimate of drug-likeness (QED) is 0.682. The van der Waals surface area contributed by atoms with Gasteiger partial charge in [0.05, 0.1) is 18.4 Å². The summed E-state index contributed by atoms with van der Waals surface area (Å²) >= 11 is 7.44. The number of nitrogens with zero attached hydrogens (tertiary/aromatic N) is 2. The van der Waals surface area contributed by atoms with E-state index in [2.05, 4.69) is 18.3 Å². The van der Waals surface area contributed by atoms with Crippen LogP contribution < -0.4 is 10.1 Å². The topological polar surface area (TPSA) is 75.0 Å². The Bertz CT molecular complexity index is 927. The third kappa shape index (κ3) is 4.98. The molecule has 5 nitrogen and oxygen atoms in total. The van der Waals surface area contributed by atoms with Gasteiger partial charge in [0.1, 0.15) is 16.8 Å². The molecule has 146 valence electrons. The van der Waals surface area contributed by atoms with E-state index in [0.29, 0.717) is 45.1 Å². The second-order valence-corrected chi connectivity index (χ2v) is 8.42. The number of rotatable bonds is 6. The van der Waals surface area contributed by atoms with Gasteiger partial charge in [-0.1, -0.05) is 18.5 Å². The summed E-state index contributed by atoms with van der Waals surface area (Å²) < 4.78 is 5.24. The number of aryl methyl sites for hydroxylation is 1. The monoisotopic (exact) mass is 415 g/mol. The number of nitrogens with one attached hydrogen (secondary N) is 1. The molecule has 1 amide bonds. The van der Waals surface area contributed by atoms with Gasteiger partial charge >= 0.3 is 0 Å². The van der Waals surface area contributed by atoms with Crippen LogP contribution in [-0.2, 0) is 17.6 Å². The molecule has 0 saturated carbocycles. The van der Waals surface area contributed by atoms with Crippen molar-refractivity contribution in [3.8, 4) is 11.8 Å². The summed E-state index contributed by atoms with van der Waals surface area (Å²) in [7, 11) is 1.54. The highest BCUT2D eigenvalue weighted by Gasteiger charge is 2.19. The molecule has 0 spiro atoms. The Kier molecular flexibility index (Phi) is 6.82. The number of ether oxygens (including phenoxy) is 1. The van der Waals surface area contributed by atoms with Crippen molar-refractivity contribution >= 4 is 35.0 Å². The number of aromatic nitrogens is 1. The van der Waals surface area contributed by atoms with Crippen LogP contribution in [0.4, 0.5) is 5.69 Å². The summed E-state index contributed by atoms with van der Waals surface area (Å²) in [5, 5.41) is 13.5. The molecule has 0 aliphatic heterocycles. The number of carbonyl (C=O) groups excluding carboxylic acids is 1. The number of thioether (sulfide) groups is 1. The number of nitriles is 1. The zero-order valence-electron chi connectivity index (χ0n) is 15.9. The fourth-order valence-corrected chi connectivity index (χ4v) is 4.34. The summed E-state index contributed by atoms with van der Waals surface area (Å²) in [6.07, 6.45) is 3.34. The van der Waals surface area contributed by atoms with Crippen LogP contribution in [0.3, 0.4) is 0 Å². The van der Waals surface area contributed by atoms with Crippen molar-refractivity contribution in [3.05, 3.63) is 46.1 Å². The Morgan fingerprint density at radius 3 is 3.04 bits per heavy atom. The summed E-state index contributed by atoms with van der Waals surface area (Å²) in [6, 6.07) is 9.29. The Hall–Kier alpha value is -2.23. The van der Waals surface area contributed by atoms with E-state index in [0.717, 1.165) is 25.0 Å². The average molecular weight is 416 g/mol. The van der Waals surface area contributed by atoms with E-state index in [1.54, 1.807) is 25.3 Å². The summed E-state index contributed by atoms with van der Waals surface area (Å²) in [5.41, 5.74) is 3.41. The van der Waals surface area contributed by atoms with Crippen LogP contribution in [0.15, 0.2) is 29.3 Å².